The molecule has 0 bridgehead atoms. The van der Waals surface area contributed by atoms with Crippen molar-refractivity contribution in [1.29, 1.82) is 0 Å². The molecule has 0 saturated heterocycles. The number of anilines is 3. The van der Waals surface area contributed by atoms with E-state index in [1.165, 1.54) is 5.56 Å². The minimum Gasteiger partial charge on any atom is -0.340 e. The molecule has 6 heteroatoms. The number of hydrogen-bond donors (Lipinski definition) is 2. The van der Waals surface area contributed by atoms with Crippen LogP contribution in [-0.4, -0.2) is 15.9 Å². The smallest absolute Gasteiger partial charge is 0.293 e. The van der Waals surface area contributed by atoms with Gasteiger partial charge in [-0.25, -0.2) is 9.97 Å². The van der Waals surface area contributed by atoms with E-state index >= 15 is 0 Å². The van der Waals surface area contributed by atoms with Crippen molar-refractivity contribution in [2.75, 3.05) is 10.6 Å². The van der Waals surface area contributed by atoms with Gasteiger partial charge in [0.25, 0.3) is 5.91 Å². The lowest BCUT2D eigenvalue weighted by Crippen LogP contribution is -2.17. The normalized spacial score (nSPS) is 10.7. The number of carbonyl (C=O) groups is 1. The van der Waals surface area contributed by atoms with Gasteiger partial charge in [0, 0.05) is 21.8 Å². The number of nitrogens with one attached hydrogen (secondary N) is 2. The zero-order valence-corrected chi connectivity index (χ0v) is 16.8. The average molecular weight is 403 g/mol. The third-order valence-electron chi connectivity index (χ3n) is 4.64. The molecular formula is C23H19ClN4O. The van der Waals surface area contributed by atoms with Gasteiger partial charge in [-0.1, -0.05) is 47.5 Å². The van der Waals surface area contributed by atoms with Crippen molar-refractivity contribution in [1.82, 2.24) is 9.97 Å². The highest BCUT2D eigenvalue weighted by Crippen LogP contribution is 2.26. The number of nitrogens with zero attached hydrogens (tertiary/aromatic N) is 2. The summed E-state index contributed by atoms with van der Waals surface area (Å²) in [7, 11) is 0. The fraction of sp³-hybridized carbons (Fsp3) is 0.0870. The van der Waals surface area contributed by atoms with Crippen molar-refractivity contribution in [3.63, 3.8) is 0 Å². The molecule has 0 aliphatic rings. The van der Waals surface area contributed by atoms with E-state index in [4.69, 9.17) is 11.6 Å². The first-order valence-electron chi connectivity index (χ1n) is 9.18. The molecule has 1 aromatic heterocycles. The van der Waals surface area contributed by atoms with Crippen molar-refractivity contribution in [2.24, 2.45) is 0 Å². The Bertz CT molecular complexity index is 1210. The Morgan fingerprint density at radius 2 is 1.66 bits per heavy atom. The van der Waals surface area contributed by atoms with Crippen LogP contribution < -0.4 is 10.6 Å². The molecule has 2 N–H and O–H groups in total. The Morgan fingerprint density at radius 3 is 2.45 bits per heavy atom. The van der Waals surface area contributed by atoms with Crippen molar-refractivity contribution >= 4 is 45.6 Å². The lowest BCUT2D eigenvalue weighted by Gasteiger charge is -2.12. The average Bonchev–Trinajstić information content (AvgIpc) is 2.73. The Morgan fingerprint density at radius 1 is 0.897 bits per heavy atom. The number of amides is 1. The summed E-state index contributed by atoms with van der Waals surface area (Å²) in [6, 6.07) is 20.9. The van der Waals surface area contributed by atoms with Gasteiger partial charge < -0.3 is 10.6 Å². The van der Waals surface area contributed by atoms with Crippen molar-refractivity contribution < 1.29 is 4.79 Å². The second-order valence-corrected chi connectivity index (χ2v) is 7.18. The van der Waals surface area contributed by atoms with E-state index in [1.807, 2.05) is 62.4 Å². The SMILES string of the molecule is Cc1ccc(Nc2nc(C(=O)Nc3cccc(Cl)c3C)nc3ccccc23)cc1. The van der Waals surface area contributed by atoms with Crippen molar-refractivity contribution in [3.8, 4) is 0 Å². The van der Waals surface area contributed by atoms with Crippen LogP contribution >= 0.6 is 11.6 Å². The maximum absolute atomic E-state index is 12.9. The van der Waals surface area contributed by atoms with Crippen LogP contribution in [0.1, 0.15) is 21.7 Å². The first kappa shape index (κ1) is 18.9. The van der Waals surface area contributed by atoms with Gasteiger partial charge in [-0.3, -0.25) is 4.79 Å². The number of aromatic nitrogens is 2. The Balaban J connectivity index is 1.72. The summed E-state index contributed by atoms with van der Waals surface area (Å²) in [4.78, 5) is 21.8. The molecule has 3 aromatic carbocycles. The van der Waals surface area contributed by atoms with Gasteiger partial charge >= 0.3 is 0 Å². The predicted molar refractivity (Wildman–Crippen MR) is 118 cm³/mol. The Hall–Kier alpha value is -3.44. The van der Waals surface area contributed by atoms with E-state index in [0.717, 1.165) is 16.6 Å². The van der Waals surface area contributed by atoms with Crippen LogP contribution in [0.5, 0.6) is 0 Å². The Kier molecular flexibility index (Phi) is 5.14. The zero-order valence-electron chi connectivity index (χ0n) is 16.0. The van der Waals surface area contributed by atoms with Gasteiger partial charge in [-0.15, -0.1) is 0 Å². The van der Waals surface area contributed by atoms with E-state index in [0.29, 0.717) is 22.0 Å². The van der Waals surface area contributed by atoms with Crippen LogP contribution in [0, 0.1) is 13.8 Å². The summed E-state index contributed by atoms with van der Waals surface area (Å²) >= 11 is 6.16. The molecule has 0 fully saturated rings. The van der Waals surface area contributed by atoms with Gasteiger partial charge in [0.2, 0.25) is 5.82 Å². The summed E-state index contributed by atoms with van der Waals surface area (Å²) in [6.07, 6.45) is 0. The second kappa shape index (κ2) is 7.89. The van der Waals surface area contributed by atoms with Crippen LogP contribution in [0.15, 0.2) is 66.7 Å². The monoisotopic (exact) mass is 402 g/mol. The summed E-state index contributed by atoms with van der Waals surface area (Å²) in [5, 5.41) is 7.58. The number of hydrogen-bond acceptors (Lipinski definition) is 4. The van der Waals surface area contributed by atoms with Gasteiger partial charge in [0.1, 0.15) is 5.82 Å². The predicted octanol–water partition coefficient (Wildman–Crippen LogP) is 5.90. The second-order valence-electron chi connectivity index (χ2n) is 6.77. The van der Waals surface area contributed by atoms with Crippen LogP contribution in [0.3, 0.4) is 0 Å². The molecular weight excluding hydrogens is 384 g/mol. The first-order valence-corrected chi connectivity index (χ1v) is 9.56. The quantitative estimate of drug-likeness (QED) is 0.446. The van der Waals surface area contributed by atoms with Crippen molar-refractivity contribution in [3.05, 3.63) is 88.7 Å². The number of halogens is 1. The third-order valence-corrected chi connectivity index (χ3v) is 5.05. The third kappa shape index (κ3) is 4.05. The molecule has 0 saturated carbocycles. The van der Waals surface area contributed by atoms with E-state index in [-0.39, 0.29) is 5.82 Å². The highest BCUT2D eigenvalue weighted by Gasteiger charge is 2.16. The van der Waals surface area contributed by atoms with E-state index in [9.17, 15) is 4.79 Å². The molecule has 144 valence electrons. The molecule has 0 aliphatic heterocycles. The molecule has 4 rings (SSSR count). The topological polar surface area (TPSA) is 66.9 Å². The van der Waals surface area contributed by atoms with Crippen LogP contribution in [0.4, 0.5) is 17.2 Å². The molecule has 0 radical (unpaired) electrons. The highest BCUT2D eigenvalue weighted by molar-refractivity contribution is 6.31. The minimum atomic E-state index is -0.395. The summed E-state index contributed by atoms with van der Waals surface area (Å²) < 4.78 is 0. The summed E-state index contributed by atoms with van der Waals surface area (Å²) in [6.45, 7) is 3.88. The Labute approximate surface area is 173 Å². The highest BCUT2D eigenvalue weighted by atomic mass is 35.5. The summed E-state index contributed by atoms with van der Waals surface area (Å²) in [5.74, 6) is 0.262. The first-order chi connectivity index (χ1) is 14.0. The molecule has 4 aromatic rings. The summed E-state index contributed by atoms with van der Waals surface area (Å²) in [5.41, 5.74) is 4.16. The molecule has 0 spiro atoms. The van der Waals surface area contributed by atoms with Gasteiger partial charge in [0.15, 0.2) is 0 Å². The van der Waals surface area contributed by atoms with Gasteiger partial charge in [-0.2, -0.15) is 0 Å². The standard InChI is InChI=1S/C23H19ClN4O/c1-14-10-12-16(13-11-14)25-21-17-6-3-4-8-20(17)26-22(28-21)23(29)27-19-9-5-7-18(24)15(19)2/h3-13H,1-2H3,(H,27,29)(H,25,26,28). The van der Waals surface area contributed by atoms with E-state index in [1.54, 1.807) is 18.2 Å². The molecule has 5 nitrogen and oxygen atoms in total. The number of rotatable bonds is 4. The molecule has 1 amide bonds. The maximum atomic E-state index is 12.9. The number of fused-ring (bicyclic) bond motifs is 1. The lowest BCUT2D eigenvalue weighted by molar-refractivity contribution is 0.101. The molecule has 1 heterocycles. The lowest BCUT2D eigenvalue weighted by atomic mass is 10.2. The number of aryl methyl sites for hydroxylation is 1. The number of carbonyl (C=O) groups excluding carboxylic acids is 1. The minimum absolute atomic E-state index is 0.0812. The number of benzene rings is 3. The van der Waals surface area contributed by atoms with Crippen LogP contribution in [0.2, 0.25) is 5.02 Å². The van der Waals surface area contributed by atoms with E-state index in [2.05, 4.69) is 20.6 Å². The van der Waals surface area contributed by atoms with Crippen LogP contribution in [0.25, 0.3) is 10.9 Å². The molecule has 0 aliphatic carbocycles. The fourth-order valence-corrected chi connectivity index (χ4v) is 3.14. The number of para-hydroxylation sites is 1. The van der Waals surface area contributed by atoms with Gasteiger partial charge in [0.05, 0.1) is 5.52 Å². The van der Waals surface area contributed by atoms with Gasteiger partial charge in [-0.05, 0) is 55.8 Å². The van der Waals surface area contributed by atoms with E-state index < -0.39 is 5.91 Å². The molecule has 29 heavy (non-hydrogen) atoms. The maximum Gasteiger partial charge on any atom is 0.293 e. The fourth-order valence-electron chi connectivity index (χ4n) is 2.97. The largest absolute Gasteiger partial charge is 0.340 e. The zero-order chi connectivity index (χ0) is 20.4. The van der Waals surface area contributed by atoms with Crippen molar-refractivity contribution in [2.45, 2.75) is 13.8 Å². The van der Waals surface area contributed by atoms with Crippen LogP contribution in [-0.2, 0) is 0 Å². The molecule has 0 unspecified atom stereocenters. The molecule has 0 atom stereocenters.